The van der Waals surface area contributed by atoms with Crippen LogP contribution in [0, 0.1) is 11.3 Å². The number of nitrogens with two attached hydrogens (primary N) is 1. The molecule has 3 N–H and O–H groups in total. The molecule has 5 heterocycles. The molecule has 0 aromatic carbocycles. The van der Waals surface area contributed by atoms with E-state index in [-0.39, 0.29) is 25.7 Å². The number of aromatic nitrogens is 4. The topological polar surface area (TPSA) is 195 Å². The lowest BCUT2D eigenvalue weighted by atomic mass is 10.0. The third-order valence-electron chi connectivity index (χ3n) is 10.4. The summed E-state index contributed by atoms with van der Waals surface area (Å²) in [5.41, 5.74) is 7.70. The van der Waals surface area contributed by atoms with Crippen LogP contribution in [0.5, 0.6) is 5.88 Å². The van der Waals surface area contributed by atoms with E-state index in [2.05, 4.69) is 22.0 Å². The number of ether oxygens (including phenoxy) is 5. The van der Waals surface area contributed by atoms with Gasteiger partial charge in [-0.05, 0) is 38.5 Å². The zero-order valence-electron chi connectivity index (χ0n) is 34.0. The van der Waals surface area contributed by atoms with E-state index in [0.29, 0.717) is 29.2 Å². The highest BCUT2D eigenvalue weighted by molar-refractivity contribution is 7.47. The average Bonchev–Trinajstić information content (AvgIpc) is 3.87. The molecule has 15 nitrogen and oxygen atoms in total. The molecule has 5 rings (SSSR count). The van der Waals surface area contributed by atoms with Gasteiger partial charge in [0.15, 0.2) is 11.6 Å². The summed E-state index contributed by atoms with van der Waals surface area (Å²) in [5.74, 6) is -0.382. The number of nitrogen functional groups attached to an aromatic ring is 1. The molecule has 57 heavy (non-hydrogen) atoms. The van der Waals surface area contributed by atoms with Gasteiger partial charge in [-0.25, -0.2) is 19.0 Å². The maximum Gasteiger partial charge on any atom is 0.472 e. The molecule has 0 aliphatic carbocycles. The molecule has 6 atom stereocenters. The summed E-state index contributed by atoms with van der Waals surface area (Å²) in [7, 11) is -4.61. The summed E-state index contributed by atoms with van der Waals surface area (Å²) in [6, 6.07) is 8.77. The van der Waals surface area contributed by atoms with Gasteiger partial charge in [0.1, 0.15) is 48.4 Å². The fraction of sp³-hybridized carbons (Fsp3) is 0.707. The number of rotatable bonds is 28. The first-order chi connectivity index (χ1) is 27.6. The normalized spacial score (nSPS) is 21.7. The Balaban J connectivity index is 1.03. The van der Waals surface area contributed by atoms with Crippen molar-refractivity contribution >= 4 is 19.2 Å². The summed E-state index contributed by atoms with van der Waals surface area (Å²) in [6.45, 7) is 5.83. The van der Waals surface area contributed by atoms with Gasteiger partial charge in [0.2, 0.25) is 5.88 Å². The lowest BCUT2D eigenvalue weighted by molar-refractivity contribution is -0.191. The van der Waals surface area contributed by atoms with E-state index in [1.54, 1.807) is 36.6 Å². The molecule has 3 aromatic rings. The average molecular weight is 815 g/mol. The Morgan fingerprint density at radius 1 is 0.895 bits per heavy atom. The molecule has 0 amide bonds. The number of phosphoric ester groups is 1. The Morgan fingerprint density at radius 2 is 1.54 bits per heavy atom. The maximum atomic E-state index is 13.2. The third-order valence-corrected chi connectivity index (χ3v) is 11.3. The van der Waals surface area contributed by atoms with Crippen molar-refractivity contribution in [3.05, 3.63) is 48.0 Å². The first kappa shape index (κ1) is 44.9. The minimum absolute atomic E-state index is 0.0944. The van der Waals surface area contributed by atoms with Gasteiger partial charge < -0.3 is 34.3 Å². The Kier molecular flexibility index (Phi) is 18.0. The number of hydrogen-bond acceptors (Lipinski definition) is 13. The molecule has 0 radical (unpaired) electrons. The minimum atomic E-state index is -4.61. The summed E-state index contributed by atoms with van der Waals surface area (Å²) in [4.78, 5) is 19.0. The summed E-state index contributed by atoms with van der Waals surface area (Å²) >= 11 is 0. The molecule has 16 heteroatoms. The number of fused-ring (bicyclic) bond motifs is 2. The van der Waals surface area contributed by atoms with E-state index in [1.807, 2.05) is 12.1 Å². The van der Waals surface area contributed by atoms with Crippen LogP contribution < -0.4 is 10.5 Å². The van der Waals surface area contributed by atoms with Crippen LogP contribution in [0.25, 0.3) is 5.52 Å². The van der Waals surface area contributed by atoms with Gasteiger partial charge in [-0.1, -0.05) is 103 Å². The Morgan fingerprint density at radius 3 is 2.18 bits per heavy atom. The monoisotopic (exact) mass is 814 g/mol. The van der Waals surface area contributed by atoms with Crippen LogP contribution >= 0.6 is 7.82 Å². The van der Waals surface area contributed by atoms with E-state index in [4.69, 9.17) is 43.7 Å². The molecular formula is C41H63N6O9P. The first-order valence-corrected chi connectivity index (χ1v) is 22.4. The second-order valence-electron chi connectivity index (χ2n) is 15.5. The van der Waals surface area contributed by atoms with Crippen molar-refractivity contribution < 1.29 is 42.2 Å². The fourth-order valence-corrected chi connectivity index (χ4v) is 8.16. The second-order valence-corrected chi connectivity index (χ2v) is 17.0. The SMILES string of the molecule is CCCCCCCCCCCCCCCCCCOC[C@@H](COP(=O)(O)OC[C@H]1O[C@@H](c2ccc3c(N)ncnn23)[C@@H]2OC(C)(C)O[C@@H]21)Oc1ccc(C#N)cn1. The van der Waals surface area contributed by atoms with Gasteiger partial charge in [-0.3, -0.25) is 9.05 Å². The molecular weight excluding hydrogens is 751 g/mol. The predicted molar refractivity (Wildman–Crippen MR) is 214 cm³/mol. The van der Waals surface area contributed by atoms with Gasteiger partial charge in [0.25, 0.3) is 0 Å². The first-order valence-electron chi connectivity index (χ1n) is 20.9. The van der Waals surface area contributed by atoms with Crippen LogP contribution in [-0.2, 0) is 32.6 Å². The fourth-order valence-electron chi connectivity index (χ4n) is 7.40. The van der Waals surface area contributed by atoms with Crippen LogP contribution in [-0.4, -0.2) is 81.1 Å². The van der Waals surface area contributed by atoms with Gasteiger partial charge in [-0.15, -0.1) is 0 Å². The molecule has 2 fully saturated rings. The van der Waals surface area contributed by atoms with Gasteiger partial charge in [-0.2, -0.15) is 10.4 Å². The summed E-state index contributed by atoms with van der Waals surface area (Å²) < 4.78 is 56.3. The highest BCUT2D eigenvalue weighted by atomic mass is 31.2. The highest BCUT2D eigenvalue weighted by Gasteiger charge is 2.56. The van der Waals surface area contributed by atoms with Crippen molar-refractivity contribution in [2.24, 2.45) is 0 Å². The number of anilines is 1. The van der Waals surface area contributed by atoms with Crippen molar-refractivity contribution in [3.8, 4) is 11.9 Å². The van der Waals surface area contributed by atoms with E-state index in [1.165, 1.54) is 96.0 Å². The molecule has 1 unspecified atom stereocenters. The van der Waals surface area contributed by atoms with E-state index >= 15 is 0 Å². The molecule has 0 spiro atoms. The second kappa shape index (κ2) is 22.8. The zero-order chi connectivity index (χ0) is 40.5. The molecule has 3 aromatic heterocycles. The van der Waals surface area contributed by atoms with Crippen LogP contribution in [0.15, 0.2) is 36.8 Å². The molecule has 0 bridgehead atoms. The largest absolute Gasteiger partial charge is 0.472 e. The zero-order valence-corrected chi connectivity index (χ0v) is 34.9. The van der Waals surface area contributed by atoms with E-state index < -0.39 is 44.1 Å². The number of unbranched alkanes of at least 4 members (excludes halogenated alkanes) is 15. The number of nitriles is 1. The molecule has 0 saturated carbocycles. The predicted octanol–water partition coefficient (Wildman–Crippen LogP) is 8.40. The van der Waals surface area contributed by atoms with Crippen molar-refractivity contribution in [2.45, 2.75) is 160 Å². The number of nitrogens with zero attached hydrogens (tertiary/aromatic N) is 5. The van der Waals surface area contributed by atoms with Crippen molar-refractivity contribution in [1.82, 2.24) is 19.6 Å². The number of pyridine rings is 1. The van der Waals surface area contributed by atoms with Crippen LogP contribution in [0.3, 0.4) is 0 Å². The van der Waals surface area contributed by atoms with Crippen LogP contribution in [0.4, 0.5) is 5.82 Å². The van der Waals surface area contributed by atoms with E-state index in [0.717, 1.165) is 19.3 Å². The molecule has 2 aliphatic rings. The van der Waals surface area contributed by atoms with Crippen molar-refractivity contribution in [2.75, 3.05) is 32.2 Å². The third kappa shape index (κ3) is 14.3. The highest BCUT2D eigenvalue weighted by Crippen LogP contribution is 2.48. The smallest absolute Gasteiger partial charge is 0.469 e. The quantitative estimate of drug-likeness (QED) is 0.0524. The summed E-state index contributed by atoms with van der Waals surface area (Å²) in [5, 5.41) is 13.5. The number of hydrogen-bond donors (Lipinski definition) is 2. The van der Waals surface area contributed by atoms with Crippen molar-refractivity contribution in [3.63, 3.8) is 0 Å². The lowest BCUT2D eigenvalue weighted by Gasteiger charge is -2.25. The number of phosphoric acid groups is 1. The minimum Gasteiger partial charge on any atom is -0.469 e. The van der Waals surface area contributed by atoms with Gasteiger partial charge in [0.05, 0.1) is 31.1 Å². The summed E-state index contributed by atoms with van der Waals surface area (Å²) in [6.07, 6.45) is 20.0. The van der Waals surface area contributed by atoms with Crippen molar-refractivity contribution in [1.29, 1.82) is 5.26 Å². The molecule has 2 saturated heterocycles. The Hall–Kier alpha value is -3.19. The lowest BCUT2D eigenvalue weighted by Crippen LogP contribution is -2.33. The molecule has 2 aliphatic heterocycles. The van der Waals surface area contributed by atoms with Gasteiger partial charge in [0, 0.05) is 18.9 Å². The Labute approximate surface area is 337 Å². The standard InChI is InChI=1S/C41H63N6O9P/c1-4-5-6-7-8-9-10-11-12-13-14-15-16-17-18-19-24-50-27-32(53-36-23-20-31(25-42)26-44-36)28-51-57(48,49)52-29-35-38-39(56-41(2,3)55-38)37(54-35)33-21-22-34-40(43)45-30-46-47(33)34/h20-23,26,30,32,35,37-39H,4-19,24,27-29H2,1-3H3,(H,48,49)(H2,43,45,46)/t32-,35+,37-,38+,39-/m0/s1. The van der Waals surface area contributed by atoms with Crippen LogP contribution in [0.1, 0.15) is 141 Å². The van der Waals surface area contributed by atoms with Gasteiger partial charge >= 0.3 is 7.82 Å². The van der Waals surface area contributed by atoms with E-state index in [9.17, 15) is 9.46 Å². The Bertz CT molecular complexity index is 1720. The molecule has 316 valence electrons. The van der Waals surface area contributed by atoms with Crippen LogP contribution in [0.2, 0.25) is 0 Å². The maximum absolute atomic E-state index is 13.2.